The Bertz CT molecular complexity index is 668. The van der Waals surface area contributed by atoms with Crippen molar-refractivity contribution >= 4 is 12.2 Å². The molecule has 0 saturated heterocycles. The Labute approximate surface area is 247 Å². The summed E-state index contributed by atoms with van der Waals surface area (Å²) < 4.78 is 10.9. The number of amides is 2. The molecule has 6 heteroatoms. The summed E-state index contributed by atoms with van der Waals surface area (Å²) in [6.45, 7) is 14.5. The summed E-state index contributed by atoms with van der Waals surface area (Å²) in [5.41, 5.74) is -0.0402. The topological polar surface area (TPSA) is 76.7 Å². The van der Waals surface area contributed by atoms with Crippen LogP contribution < -0.4 is 10.6 Å². The van der Waals surface area contributed by atoms with E-state index in [1.165, 1.54) is 89.9 Å². The van der Waals surface area contributed by atoms with E-state index in [0.717, 1.165) is 32.1 Å². The third-order valence-corrected chi connectivity index (χ3v) is 8.58. The number of carbonyl (C=O) groups is 2. The number of alkyl carbamates (subject to hydrolysis) is 2. The van der Waals surface area contributed by atoms with Gasteiger partial charge >= 0.3 is 12.2 Å². The zero-order chi connectivity index (χ0) is 29.7. The zero-order valence-corrected chi connectivity index (χ0v) is 27.3. The van der Waals surface area contributed by atoms with E-state index in [1.807, 2.05) is 6.92 Å². The molecule has 2 amide bonds. The summed E-state index contributed by atoms with van der Waals surface area (Å²) in [7, 11) is 0. The fourth-order valence-electron chi connectivity index (χ4n) is 6.83. The molecule has 0 radical (unpaired) electrons. The molecule has 2 N–H and O–H groups in total. The average Bonchev–Trinajstić information content (AvgIpc) is 2.88. The molecule has 40 heavy (non-hydrogen) atoms. The SMILES string of the molecule is CCCCCCCCCCC(CCCCCCCC)COC(=O)NC1CC(C)(C)CC(C)(CNC(=O)OCC)C1. The van der Waals surface area contributed by atoms with Gasteiger partial charge in [0, 0.05) is 12.6 Å². The quantitative estimate of drug-likeness (QED) is 0.128. The molecule has 0 bridgehead atoms. The van der Waals surface area contributed by atoms with Crippen molar-refractivity contribution in [2.45, 2.75) is 170 Å². The van der Waals surface area contributed by atoms with Gasteiger partial charge in [0.25, 0.3) is 0 Å². The standard InChI is InChI=1S/C34H66N2O4/c1-7-10-12-14-16-17-19-21-23-29(22-20-18-15-13-11-8-2)26-40-32(38)36-30-24-33(4,5)27-34(6,25-30)28-35-31(37)39-9-3/h29-30H,7-28H2,1-6H3,(H,35,37)(H,36,38). The second-order valence-corrected chi connectivity index (χ2v) is 13.8. The van der Waals surface area contributed by atoms with E-state index >= 15 is 0 Å². The van der Waals surface area contributed by atoms with Gasteiger partial charge in [-0.2, -0.15) is 0 Å². The number of hydrogen-bond donors (Lipinski definition) is 2. The number of unbranched alkanes of at least 4 members (excludes halogenated alkanes) is 12. The van der Waals surface area contributed by atoms with Gasteiger partial charge in [0.1, 0.15) is 0 Å². The highest BCUT2D eigenvalue weighted by molar-refractivity contribution is 5.68. The van der Waals surface area contributed by atoms with E-state index in [2.05, 4.69) is 45.3 Å². The van der Waals surface area contributed by atoms with Crippen LogP contribution >= 0.6 is 0 Å². The van der Waals surface area contributed by atoms with Crippen molar-refractivity contribution in [2.75, 3.05) is 19.8 Å². The predicted octanol–water partition coefficient (Wildman–Crippen LogP) is 9.94. The van der Waals surface area contributed by atoms with Crippen LogP contribution in [0.15, 0.2) is 0 Å². The third kappa shape index (κ3) is 18.1. The molecule has 3 unspecified atom stereocenters. The van der Waals surface area contributed by atoms with E-state index in [4.69, 9.17) is 9.47 Å². The summed E-state index contributed by atoms with van der Waals surface area (Å²) in [4.78, 5) is 24.8. The number of ether oxygens (including phenoxy) is 2. The predicted molar refractivity (Wildman–Crippen MR) is 168 cm³/mol. The van der Waals surface area contributed by atoms with E-state index in [0.29, 0.717) is 25.7 Å². The van der Waals surface area contributed by atoms with E-state index in [9.17, 15) is 9.59 Å². The minimum atomic E-state index is -0.371. The van der Waals surface area contributed by atoms with Crippen LogP contribution in [-0.2, 0) is 9.47 Å². The van der Waals surface area contributed by atoms with Crippen LogP contribution in [0.1, 0.15) is 164 Å². The Balaban J connectivity index is 2.53. The largest absolute Gasteiger partial charge is 0.450 e. The Kier molecular flexibility index (Phi) is 19.4. The van der Waals surface area contributed by atoms with Crippen LogP contribution in [0.4, 0.5) is 9.59 Å². The molecule has 1 aliphatic rings. The molecule has 1 saturated carbocycles. The van der Waals surface area contributed by atoms with Crippen LogP contribution in [0.25, 0.3) is 0 Å². The molecule has 1 aliphatic carbocycles. The summed E-state index contributed by atoms with van der Waals surface area (Å²) >= 11 is 0. The van der Waals surface area contributed by atoms with Gasteiger partial charge in [0.15, 0.2) is 0 Å². The lowest BCUT2D eigenvalue weighted by Gasteiger charge is -2.46. The summed E-state index contributed by atoms with van der Waals surface area (Å²) in [6, 6.07) is 0.0370. The monoisotopic (exact) mass is 567 g/mol. The maximum absolute atomic E-state index is 12.9. The van der Waals surface area contributed by atoms with Crippen LogP contribution in [-0.4, -0.2) is 38.0 Å². The molecule has 6 nitrogen and oxygen atoms in total. The van der Waals surface area contributed by atoms with Crippen LogP contribution in [0.5, 0.6) is 0 Å². The first-order chi connectivity index (χ1) is 19.1. The molecule has 1 rings (SSSR count). The van der Waals surface area contributed by atoms with Gasteiger partial charge in [0.05, 0.1) is 13.2 Å². The van der Waals surface area contributed by atoms with Crippen molar-refractivity contribution < 1.29 is 19.1 Å². The molecule has 0 aromatic heterocycles. The molecule has 0 aliphatic heterocycles. The highest BCUT2D eigenvalue weighted by Crippen LogP contribution is 2.45. The van der Waals surface area contributed by atoms with Crippen molar-refractivity contribution in [3.8, 4) is 0 Å². The van der Waals surface area contributed by atoms with Gasteiger partial charge in [-0.05, 0) is 55.8 Å². The van der Waals surface area contributed by atoms with Crippen molar-refractivity contribution in [3.63, 3.8) is 0 Å². The molecule has 1 fully saturated rings. The molecule has 0 heterocycles. The highest BCUT2D eigenvalue weighted by Gasteiger charge is 2.42. The maximum atomic E-state index is 12.9. The molecular weight excluding hydrogens is 500 g/mol. The van der Waals surface area contributed by atoms with Gasteiger partial charge in [-0.3, -0.25) is 0 Å². The van der Waals surface area contributed by atoms with Crippen molar-refractivity contribution in [3.05, 3.63) is 0 Å². The minimum absolute atomic E-state index is 0.0370. The third-order valence-electron chi connectivity index (χ3n) is 8.58. The maximum Gasteiger partial charge on any atom is 0.407 e. The smallest absolute Gasteiger partial charge is 0.407 e. The molecule has 0 spiro atoms. The van der Waals surface area contributed by atoms with Crippen molar-refractivity contribution in [1.29, 1.82) is 0 Å². The van der Waals surface area contributed by atoms with Gasteiger partial charge in [-0.1, -0.05) is 125 Å². The molecular formula is C34H66N2O4. The number of carbonyl (C=O) groups excluding carboxylic acids is 2. The van der Waals surface area contributed by atoms with Crippen molar-refractivity contribution in [1.82, 2.24) is 10.6 Å². The first kappa shape index (κ1) is 36.6. The number of nitrogens with one attached hydrogen (secondary N) is 2. The lowest BCUT2D eigenvalue weighted by atomic mass is 9.62. The Hall–Kier alpha value is -1.46. The Morgan fingerprint density at radius 3 is 1.77 bits per heavy atom. The summed E-state index contributed by atoms with van der Waals surface area (Å²) in [5, 5.41) is 6.10. The normalized spacial score (nSPS) is 21.0. The van der Waals surface area contributed by atoms with E-state index in [-0.39, 0.29) is 29.1 Å². The average molecular weight is 567 g/mol. The Morgan fingerprint density at radius 1 is 0.725 bits per heavy atom. The van der Waals surface area contributed by atoms with Gasteiger partial charge < -0.3 is 20.1 Å². The van der Waals surface area contributed by atoms with Crippen LogP contribution in [0, 0.1) is 16.7 Å². The fraction of sp³-hybridized carbons (Fsp3) is 0.941. The first-order valence-electron chi connectivity index (χ1n) is 17.0. The molecule has 0 aromatic carbocycles. The summed E-state index contributed by atoms with van der Waals surface area (Å²) in [6.07, 6.45) is 22.8. The van der Waals surface area contributed by atoms with Gasteiger partial charge in [-0.25, -0.2) is 9.59 Å². The van der Waals surface area contributed by atoms with Gasteiger partial charge in [-0.15, -0.1) is 0 Å². The minimum Gasteiger partial charge on any atom is -0.450 e. The summed E-state index contributed by atoms with van der Waals surface area (Å²) in [5.74, 6) is 0.457. The number of hydrogen-bond acceptors (Lipinski definition) is 4. The fourth-order valence-corrected chi connectivity index (χ4v) is 6.83. The lowest BCUT2D eigenvalue weighted by Crippen LogP contribution is -2.50. The molecule has 3 atom stereocenters. The van der Waals surface area contributed by atoms with Crippen LogP contribution in [0.3, 0.4) is 0 Å². The van der Waals surface area contributed by atoms with E-state index < -0.39 is 0 Å². The highest BCUT2D eigenvalue weighted by atomic mass is 16.6. The lowest BCUT2D eigenvalue weighted by molar-refractivity contribution is 0.0599. The van der Waals surface area contributed by atoms with Gasteiger partial charge in [0.2, 0.25) is 0 Å². The molecule has 0 aromatic rings. The van der Waals surface area contributed by atoms with E-state index in [1.54, 1.807) is 0 Å². The molecule has 236 valence electrons. The second-order valence-electron chi connectivity index (χ2n) is 13.8. The van der Waals surface area contributed by atoms with Crippen LogP contribution in [0.2, 0.25) is 0 Å². The second kappa shape index (κ2) is 21.3. The first-order valence-corrected chi connectivity index (χ1v) is 17.0. The zero-order valence-electron chi connectivity index (χ0n) is 27.3. The number of rotatable bonds is 22. The Morgan fingerprint density at radius 2 is 1.25 bits per heavy atom. The van der Waals surface area contributed by atoms with Crippen molar-refractivity contribution in [2.24, 2.45) is 16.7 Å².